The molecule has 5 heteroatoms. The van der Waals surface area contributed by atoms with Crippen LogP contribution >= 0.6 is 18.0 Å². The molecule has 0 fully saturated rings. The molecule has 0 aromatic rings. The van der Waals surface area contributed by atoms with E-state index in [-0.39, 0.29) is 6.16 Å². The van der Waals surface area contributed by atoms with Gasteiger partial charge in [0.2, 0.25) is 0 Å². The molecule has 1 unspecified atom stereocenters. The van der Waals surface area contributed by atoms with Crippen LogP contribution in [0.25, 0.3) is 0 Å². The maximum Gasteiger partial charge on any atom is 0.338 e. The van der Waals surface area contributed by atoms with E-state index in [0.717, 1.165) is 6.08 Å². The Kier molecular flexibility index (Phi) is 3.69. The van der Waals surface area contributed by atoms with Gasteiger partial charge in [0.05, 0.1) is 0 Å². The molecule has 0 aliphatic heterocycles. The Hall–Kier alpha value is -0.270. The first-order valence-electron chi connectivity index (χ1n) is 2.66. The van der Waals surface area contributed by atoms with Crippen molar-refractivity contribution in [3.8, 4) is 0 Å². The number of carbonyl (C=O) groups is 1. The van der Waals surface area contributed by atoms with Crippen LogP contribution in [0.3, 0.4) is 0 Å². The number of hydrogen-bond acceptors (Lipinski definition) is 3. The van der Waals surface area contributed by atoms with Crippen molar-refractivity contribution >= 4 is 23.9 Å². The van der Waals surface area contributed by atoms with Gasteiger partial charge in [0, 0.05) is 12.2 Å². The molecule has 0 aliphatic carbocycles. The lowest BCUT2D eigenvalue weighted by Gasteiger charge is -2.05. The number of rotatable bonds is 3. The lowest BCUT2D eigenvalue weighted by Crippen LogP contribution is -1.95. The van der Waals surface area contributed by atoms with Gasteiger partial charge in [-0.05, 0) is 11.2 Å². The second kappa shape index (κ2) is 3.79. The summed E-state index contributed by atoms with van der Waals surface area (Å²) in [6.07, 6.45) is 1.05. The zero-order chi connectivity index (χ0) is 8.20. The van der Waals surface area contributed by atoms with Crippen LogP contribution in [0.1, 0.15) is 6.92 Å². The monoisotopic (exact) mass is 182 g/mol. The van der Waals surface area contributed by atoms with E-state index in [1.165, 1.54) is 0 Å². The van der Waals surface area contributed by atoms with Crippen LogP contribution in [0.5, 0.6) is 0 Å². The van der Waals surface area contributed by atoms with E-state index in [9.17, 15) is 9.36 Å². The summed E-state index contributed by atoms with van der Waals surface area (Å²) in [6.45, 7) is 1.50. The molecule has 0 aromatic carbocycles. The number of hydrogen-bond donors (Lipinski definition) is 0. The molecule has 58 valence electrons. The summed E-state index contributed by atoms with van der Waals surface area (Å²) in [5.74, 6) is -0.750. The zero-order valence-electron chi connectivity index (χ0n) is 5.54. The minimum absolute atomic E-state index is 0.133. The van der Waals surface area contributed by atoms with Crippen LogP contribution < -0.4 is 0 Å². The predicted molar refractivity (Wildman–Crippen MR) is 40.3 cm³/mol. The van der Waals surface area contributed by atoms with Gasteiger partial charge in [0.25, 0.3) is 0 Å². The van der Waals surface area contributed by atoms with Crippen LogP contribution in [-0.2, 0) is 13.9 Å². The molecule has 10 heavy (non-hydrogen) atoms. The van der Waals surface area contributed by atoms with E-state index >= 15 is 0 Å². The highest BCUT2D eigenvalue weighted by atomic mass is 35.7. The first kappa shape index (κ1) is 9.73. The van der Waals surface area contributed by atoms with Gasteiger partial charge in [0.15, 0.2) is 0 Å². The number of halogens is 1. The maximum absolute atomic E-state index is 10.8. The smallest absolute Gasteiger partial charge is 0.338 e. The third-order valence-corrected chi connectivity index (χ3v) is 2.90. The summed E-state index contributed by atoms with van der Waals surface area (Å²) < 4.78 is 15.1. The normalized spacial score (nSPS) is 15.4. The van der Waals surface area contributed by atoms with Crippen molar-refractivity contribution in [1.82, 2.24) is 0 Å². The van der Waals surface area contributed by atoms with Crippen LogP contribution in [0.2, 0.25) is 0 Å². The molecule has 1 atom stereocenters. The Morgan fingerprint density at radius 1 is 1.90 bits per heavy atom. The van der Waals surface area contributed by atoms with Crippen LogP contribution in [0, 0.1) is 0 Å². The minimum atomic E-state index is -3.19. The highest BCUT2D eigenvalue weighted by molar-refractivity contribution is 7.85. The Bertz CT molecular complexity index is 189. The largest absolute Gasteiger partial charge is 0.397 e. The quantitative estimate of drug-likeness (QED) is 0.496. The molecule has 0 radical (unpaired) electrons. The van der Waals surface area contributed by atoms with Crippen LogP contribution in [0.15, 0.2) is 12.7 Å². The minimum Gasteiger partial charge on any atom is -0.397 e. The van der Waals surface area contributed by atoms with Gasteiger partial charge in [-0.2, -0.15) is 0 Å². The third-order valence-electron chi connectivity index (χ3n) is 0.771. The molecule has 0 amide bonds. The Balaban J connectivity index is 4.01. The molecule has 0 N–H and O–H groups in total. The Morgan fingerprint density at radius 2 is 2.40 bits per heavy atom. The second-order valence-corrected chi connectivity index (χ2v) is 5.06. The average Bonchev–Trinajstić information content (AvgIpc) is 1.87. The third kappa shape index (κ3) is 3.70. The summed E-state index contributed by atoms with van der Waals surface area (Å²) in [5, 5.41) is 0. The molecule has 0 rings (SSSR count). The molecule has 0 aromatic heterocycles. The molecule has 0 spiro atoms. The number of carbonyl (C=O) groups excluding carboxylic acids is 1. The second-order valence-electron chi connectivity index (χ2n) is 1.52. The van der Waals surface area contributed by atoms with E-state index in [0.29, 0.717) is 0 Å². The van der Waals surface area contributed by atoms with Crippen molar-refractivity contribution in [2.45, 2.75) is 6.92 Å². The van der Waals surface area contributed by atoms with Crippen molar-refractivity contribution in [1.29, 1.82) is 0 Å². The van der Waals surface area contributed by atoms with Crippen molar-refractivity contribution < 1.29 is 13.9 Å². The van der Waals surface area contributed by atoms with Gasteiger partial charge >= 0.3 is 12.7 Å². The van der Waals surface area contributed by atoms with Gasteiger partial charge in [-0.25, -0.2) is 4.79 Å². The van der Waals surface area contributed by atoms with Crippen molar-refractivity contribution in [2.75, 3.05) is 6.16 Å². The highest BCUT2D eigenvalue weighted by Crippen LogP contribution is 2.51. The molecule has 0 heterocycles. The fourth-order valence-corrected chi connectivity index (χ4v) is 0.913. The summed E-state index contributed by atoms with van der Waals surface area (Å²) in [6, 6.07) is 0. The van der Waals surface area contributed by atoms with E-state index in [2.05, 4.69) is 11.1 Å². The average molecular weight is 183 g/mol. The summed E-state index contributed by atoms with van der Waals surface area (Å²) >= 11 is 5.26. The first-order valence-corrected chi connectivity index (χ1v) is 5.38. The van der Waals surface area contributed by atoms with E-state index in [1.54, 1.807) is 6.92 Å². The molecular formula is C5H8ClO3P. The molecule has 0 saturated heterocycles. The topological polar surface area (TPSA) is 43.4 Å². The maximum atomic E-state index is 10.8. The molecule has 0 saturated carbocycles. The van der Waals surface area contributed by atoms with E-state index in [4.69, 9.17) is 11.2 Å². The van der Waals surface area contributed by atoms with Crippen molar-refractivity contribution in [3.63, 3.8) is 0 Å². The first-order chi connectivity index (χ1) is 4.52. The molecule has 0 aliphatic rings. The molecule has 0 bridgehead atoms. The van der Waals surface area contributed by atoms with Gasteiger partial charge in [-0.15, -0.1) is 0 Å². The lowest BCUT2D eigenvalue weighted by molar-refractivity contribution is -0.128. The lowest BCUT2D eigenvalue weighted by atomic mass is 10.7. The van der Waals surface area contributed by atoms with Gasteiger partial charge in [0.1, 0.15) is 0 Å². The highest BCUT2D eigenvalue weighted by Gasteiger charge is 2.19. The Morgan fingerprint density at radius 3 is 2.70 bits per heavy atom. The SMILES string of the molecule is C=CC(=O)OP(=O)(Cl)CC. The van der Waals surface area contributed by atoms with E-state index in [1.807, 2.05) is 0 Å². The summed E-state index contributed by atoms with van der Waals surface area (Å²) in [7, 11) is 0. The fourth-order valence-electron chi connectivity index (χ4n) is 0.236. The molecular weight excluding hydrogens is 174 g/mol. The zero-order valence-corrected chi connectivity index (χ0v) is 7.19. The van der Waals surface area contributed by atoms with Crippen LogP contribution in [0.4, 0.5) is 0 Å². The van der Waals surface area contributed by atoms with Crippen molar-refractivity contribution in [3.05, 3.63) is 12.7 Å². The van der Waals surface area contributed by atoms with Gasteiger partial charge in [-0.1, -0.05) is 13.5 Å². The van der Waals surface area contributed by atoms with Crippen molar-refractivity contribution in [2.24, 2.45) is 0 Å². The van der Waals surface area contributed by atoms with Gasteiger partial charge in [-0.3, -0.25) is 4.57 Å². The van der Waals surface area contributed by atoms with Crippen LogP contribution in [-0.4, -0.2) is 12.1 Å². The molecule has 3 nitrogen and oxygen atoms in total. The van der Waals surface area contributed by atoms with E-state index < -0.39 is 12.7 Å². The summed E-state index contributed by atoms with van der Waals surface area (Å²) in [4.78, 5) is 10.4. The standard InChI is InChI=1S/C5H8ClO3P/c1-3-5(7)9-10(6,8)4-2/h3H,1,4H2,2H3. The Labute approximate surface area is 64.3 Å². The summed E-state index contributed by atoms with van der Waals surface area (Å²) in [5.41, 5.74) is 0. The predicted octanol–water partition coefficient (Wildman–Crippen LogP) is 2.17. The fraction of sp³-hybridized carbons (Fsp3) is 0.400. The van der Waals surface area contributed by atoms with Gasteiger partial charge < -0.3 is 4.52 Å².